The van der Waals surface area contributed by atoms with E-state index in [0.29, 0.717) is 17.4 Å². The summed E-state index contributed by atoms with van der Waals surface area (Å²) in [6.45, 7) is 3.91. The second kappa shape index (κ2) is 9.05. The van der Waals surface area contributed by atoms with Crippen molar-refractivity contribution in [1.29, 1.82) is 0 Å². The highest BCUT2D eigenvalue weighted by molar-refractivity contribution is 7.15. The highest BCUT2D eigenvalue weighted by Gasteiger charge is 2.31. The standard InChI is InChI=1S/C22H22F3N3O3S/c1-13-18(10-19(31-13)14-3-2-4-15(9-14)22(23,24)25)20(30)27-21-26-11-17(32-21)12-28-7-5-16(29)6-8-28/h2-4,9-11,16,29H,5-8,12H2,1H3,(H,26,27,30). The zero-order valence-corrected chi connectivity index (χ0v) is 18.1. The van der Waals surface area contributed by atoms with Gasteiger partial charge in [0, 0.05) is 36.3 Å². The summed E-state index contributed by atoms with van der Waals surface area (Å²) < 4.78 is 44.5. The van der Waals surface area contributed by atoms with E-state index in [9.17, 15) is 23.1 Å². The SMILES string of the molecule is Cc1oc(-c2cccc(C(F)(F)F)c2)cc1C(=O)Nc1ncc(CN2CCC(O)CC2)s1. The number of hydrogen-bond donors (Lipinski definition) is 2. The van der Waals surface area contributed by atoms with Gasteiger partial charge in [0.2, 0.25) is 0 Å². The molecule has 6 nitrogen and oxygen atoms in total. The van der Waals surface area contributed by atoms with Crippen LogP contribution in [0.15, 0.2) is 40.9 Å². The number of halogens is 3. The predicted molar refractivity (Wildman–Crippen MR) is 114 cm³/mol. The normalized spacial score (nSPS) is 15.8. The Morgan fingerprint density at radius 2 is 2.06 bits per heavy atom. The molecule has 1 amide bonds. The molecule has 0 aliphatic carbocycles. The topological polar surface area (TPSA) is 78.6 Å². The average molecular weight is 465 g/mol. The smallest absolute Gasteiger partial charge is 0.416 e. The first-order valence-corrected chi connectivity index (χ1v) is 11.0. The number of benzene rings is 1. The maximum atomic E-state index is 13.0. The number of thiazole rings is 1. The van der Waals surface area contributed by atoms with Crippen LogP contribution in [0.1, 0.15) is 39.4 Å². The number of aliphatic hydroxyl groups excluding tert-OH is 1. The summed E-state index contributed by atoms with van der Waals surface area (Å²) in [6.07, 6.45) is -1.50. The molecule has 3 aromatic rings. The van der Waals surface area contributed by atoms with Gasteiger partial charge in [-0.15, -0.1) is 11.3 Å². The Labute approximate surface area is 186 Å². The molecule has 0 saturated carbocycles. The average Bonchev–Trinajstić information content (AvgIpc) is 3.35. The third kappa shape index (κ3) is 5.20. The molecule has 170 valence electrons. The maximum Gasteiger partial charge on any atom is 0.416 e. The summed E-state index contributed by atoms with van der Waals surface area (Å²) in [7, 11) is 0. The van der Waals surface area contributed by atoms with Gasteiger partial charge in [-0.3, -0.25) is 15.0 Å². The number of piperidine rings is 1. The number of anilines is 1. The largest absolute Gasteiger partial charge is 0.461 e. The van der Waals surface area contributed by atoms with Crippen molar-refractivity contribution >= 4 is 22.4 Å². The second-order valence-electron chi connectivity index (χ2n) is 7.75. The van der Waals surface area contributed by atoms with Crippen molar-refractivity contribution in [1.82, 2.24) is 9.88 Å². The lowest BCUT2D eigenvalue weighted by atomic mass is 10.1. The molecule has 1 saturated heterocycles. The number of aryl methyl sites for hydroxylation is 1. The molecule has 0 spiro atoms. The van der Waals surface area contributed by atoms with E-state index in [1.165, 1.54) is 29.5 Å². The second-order valence-corrected chi connectivity index (χ2v) is 8.87. The van der Waals surface area contributed by atoms with Crippen LogP contribution in [0.2, 0.25) is 0 Å². The van der Waals surface area contributed by atoms with Crippen LogP contribution in [0.3, 0.4) is 0 Å². The minimum absolute atomic E-state index is 0.186. The van der Waals surface area contributed by atoms with Crippen molar-refractivity contribution in [2.45, 2.75) is 38.6 Å². The number of nitrogens with one attached hydrogen (secondary N) is 1. The third-order valence-electron chi connectivity index (χ3n) is 5.35. The van der Waals surface area contributed by atoms with Crippen molar-refractivity contribution in [3.8, 4) is 11.3 Å². The molecule has 1 aliphatic heterocycles. The maximum absolute atomic E-state index is 13.0. The number of furan rings is 1. The van der Waals surface area contributed by atoms with Gasteiger partial charge in [0.1, 0.15) is 11.5 Å². The fourth-order valence-electron chi connectivity index (χ4n) is 3.60. The van der Waals surface area contributed by atoms with Crippen molar-refractivity contribution in [3.63, 3.8) is 0 Å². The summed E-state index contributed by atoms with van der Waals surface area (Å²) in [5, 5.41) is 12.8. The van der Waals surface area contributed by atoms with E-state index in [4.69, 9.17) is 4.42 Å². The molecular weight excluding hydrogens is 443 g/mol. The lowest BCUT2D eigenvalue weighted by Gasteiger charge is -2.28. The van der Waals surface area contributed by atoms with E-state index in [2.05, 4.69) is 15.2 Å². The van der Waals surface area contributed by atoms with Crippen LogP contribution in [-0.2, 0) is 12.7 Å². The Balaban J connectivity index is 1.44. The van der Waals surface area contributed by atoms with Gasteiger partial charge in [0.15, 0.2) is 5.13 Å². The van der Waals surface area contributed by atoms with Gasteiger partial charge in [-0.1, -0.05) is 12.1 Å². The number of amides is 1. The summed E-state index contributed by atoms with van der Waals surface area (Å²) in [4.78, 5) is 20.2. The number of aliphatic hydroxyl groups is 1. The van der Waals surface area contributed by atoms with Crippen LogP contribution in [0.25, 0.3) is 11.3 Å². The molecule has 1 aromatic carbocycles. The summed E-state index contributed by atoms with van der Waals surface area (Å²) in [5.41, 5.74) is -0.307. The van der Waals surface area contributed by atoms with Gasteiger partial charge in [0.05, 0.1) is 17.2 Å². The lowest BCUT2D eigenvalue weighted by molar-refractivity contribution is -0.137. The molecule has 0 atom stereocenters. The Bertz CT molecular complexity index is 1100. The van der Waals surface area contributed by atoms with E-state index in [-0.39, 0.29) is 23.0 Å². The van der Waals surface area contributed by atoms with E-state index >= 15 is 0 Å². The van der Waals surface area contributed by atoms with Crippen molar-refractivity contribution in [2.24, 2.45) is 0 Å². The number of alkyl halides is 3. The Morgan fingerprint density at radius 3 is 2.78 bits per heavy atom. The first-order valence-electron chi connectivity index (χ1n) is 10.1. The highest BCUT2D eigenvalue weighted by atomic mass is 32.1. The number of rotatable bonds is 5. The molecule has 0 bridgehead atoms. The number of likely N-dealkylation sites (tertiary alicyclic amines) is 1. The molecule has 2 N–H and O–H groups in total. The zero-order chi connectivity index (χ0) is 22.9. The van der Waals surface area contributed by atoms with Gasteiger partial charge in [0.25, 0.3) is 5.91 Å². The number of aromatic nitrogens is 1. The van der Waals surface area contributed by atoms with Crippen molar-refractivity contribution in [2.75, 3.05) is 18.4 Å². The van der Waals surface area contributed by atoms with Crippen LogP contribution in [-0.4, -0.2) is 40.1 Å². The Morgan fingerprint density at radius 1 is 1.31 bits per heavy atom. The van der Waals surface area contributed by atoms with Gasteiger partial charge >= 0.3 is 6.18 Å². The summed E-state index contributed by atoms with van der Waals surface area (Å²) in [6, 6.07) is 6.22. The third-order valence-corrected chi connectivity index (χ3v) is 6.24. The molecular formula is C22H22F3N3O3S. The quantitative estimate of drug-likeness (QED) is 0.558. The monoisotopic (exact) mass is 465 g/mol. The number of nitrogens with zero attached hydrogens (tertiary/aromatic N) is 2. The van der Waals surface area contributed by atoms with Gasteiger partial charge < -0.3 is 9.52 Å². The molecule has 0 unspecified atom stereocenters. The van der Waals surface area contributed by atoms with Crippen molar-refractivity contribution in [3.05, 3.63) is 58.3 Å². The van der Waals surface area contributed by atoms with Crippen LogP contribution in [0.4, 0.5) is 18.3 Å². The predicted octanol–water partition coefficient (Wildman–Crippen LogP) is 4.94. The van der Waals surface area contributed by atoms with Gasteiger partial charge in [-0.25, -0.2) is 4.98 Å². The zero-order valence-electron chi connectivity index (χ0n) is 17.3. The van der Waals surface area contributed by atoms with E-state index in [0.717, 1.165) is 42.9 Å². The van der Waals surface area contributed by atoms with E-state index in [1.807, 2.05) is 0 Å². The number of carbonyl (C=O) groups is 1. The first-order chi connectivity index (χ1) is 15.2. The van der Waals surface area contributed by atoms with Gasteiger partial charge in [-0.05, 0) is 38.0 Å². The summed E-state index contributed by atoms with van der Waals surface area (Å²) >= 11 is 1.36. The molecule has 1 fully saturated rings. The van der Waals surface area contributed by atoms with Crippen LogP contribution < -0.4 is 5.32 Å². The fourth-order valence-corrected chi connectivity index (χ4v) is 4.45. The van der Waals surface area contributed by atoms with Crippen molar-refractivity contribution < 1.29 is 27.5 Å². The van der Waals surface area contributed by atoms with Gasteiger partial charge in [-0.2, -0.15) is 13.2 Å². The fraction of sp³-hybridized carbons (Fsp3) is 0.364. The molecule has 2 aromatic heterocycles. The first kappa shape index (κ1) is 22.5. The molecule has 32 heavy (non-hydrogen) atoms. The number of carbonyl (C=O) groups excluding carboxylic acids is 1. The molecule has 1 aliphatic rings. The van der Waals surface area contributed by atoms with E-state index < -0.39 is 17.6 Å². The van der Waals surface area contributed by atoms with Crippen LogP contribution >= 0.6 is 11.3 Å². The molecule has 10 heteroatoms. The Hall–Kier alpha value is -2.69. The Kier molecular flexibility index (Phi) is 6.36. The molecule has 0 radical (unpaired) electrons. The highest BCUT2D eigenvalue weighted by Crippen LogP contribution is 2.33. The molecule has 4 rings (SSSR count). The van der Waals surface area contributed by atoms with Crippen LogP contribution in [0, 0.1) is 6.92 Å². The molecule has 3 heterocycles. The number of hydrogen-bond acceptors (Lipinski definition) is 6. The summed E-state index contributed by atoms with van der Waals surface area (Å²) in [5.74, 6) is 0.0518. The minimum Gasteiger partial charge on any atom is -0.461 e. The van der Waals surface area contributed by atoms with Crippen LogP contribution in [0.5, 0.6) is 0 Å². The lowest BCUT2D eigenvalue weighted by Crippen LogP contribution is -2.35. The van der Waals surface area contributed by atoms with E-state index in [1.54, 1.807) is 13.1 Å². The minimum atomic E-state index is -4.46.